The zero-order valence-corrected chi connectivity index (χ0v) is 19.0. The number of nitrogens with one attached hydrogen (secondary N) is 1. The molecule has 0 aliphatic rings. The Morgan fingerprint density at radius 2 is 1.74 bits per heavy atom. The van der Waals surface area contributed by atoms with Gasteiger partial charge in [0.05, 0.1) is 23.4 Å². The molecule has 0 radical (unpaired) electrons. The molecule has 6 nitrogen and oxygen atoms in total. The highest BCUT2D eigenvalue weighted by Gasteiger charge is 2.15. The number of nitrogens with zero attached hydrogens (tertiary/aromatic N) is 3. The molecule has 0 aliphatic heterocycles. The molecule has 6 heteroatoms. The molecule has 0 spiro atoms. The Morgan fingerprint density at radius 3 is 2.50 bits per heavy atom. The molecule has 2 heterocycles. The summed E-state index contributed by atoms with van der Waals surface area (Å²) in [6, 6.07) is 20.8. The maximum atomic E-state index is 10.9. The van der Waals surface area contributed by atoms with E-state index in [-0.39, 0.29) is 0 Å². The summed E-state index contributed by atoms with van der Waals surface area (Å²) in [6.45, 7) is 2.17. The number of aliphatic carboxylic acids is 1. The maximum Gasteiger partial charge on any atom is 0.328 e. The van der Waals surface area contributed by atoms with Gasteiger partial charge in [-0.2, -0.15) is 10.2 Å². The Kier molecular flexibility index (Phi) is 5.55. The SMILES string of the molecule is CCC(=C(c1ccc(C=CC(=O)O)cc1)c1ccc2[nH]ncc2c1)c1ccc2cnn(C)c2c1. The highest BCUT2D eigenvalue weighted by atomic mass is 16.4. The van der Waals surface area contributed by atoms with Crippen LogP contribution >= 0.6 is 0 Å². The summed E-state index contributed by atoms with van der Waals surface area (Å²) in [5.41, 5.74) is 8.59. The van der Waals surface area contributed by atoms with Gasteiger partial charge in [-0.3, -0.25) is 9.78 Å². The molecular formula is C28H24N4O2. The van der Waals surface area contributed by atoms with Crippen LogP contribution in [-0.2, 0) is 11.8 Å². The van der Waals surface area contributed by atoms with Gasteiger partial charge < -0.3 is 5.11 Å². The largest absolute Gasteiger partial charge is 0.478 e. The number of H-pyrrole nitrogens is 1. The minimum absolute atomic E-state index is 0.836. The third kappa shape index (κ3) is 4.01. The average Bonchev–Trinajstić information content (AvgIpc) is 3.47. The number of hydrogen-bond donors (Lipinski definition) is 2. The molecule has 0 amide bonds. The van der Waals surface area contributed by atoms with Gasteiger partial charge in [0.15, 0.2) is 0 Å². The molecular weight excluding hydrogens is 424 g/mol. The fourth-order valence-corrected chi connectivity index (χ4v) is 4.40. The van der Waals surface area contributed by atoms with Gasteiger partial charge in [0, 0.05) is 23.9 Å². The Labute approximate surface area is 196 Å². The Balaban J connectivity index is 1.72. The summed E-state index contributed by atoms with van der Waals surface area (Å²) in [5, 5.41) is 22.7. The standard InChI is InChI=1S/C28H24N4O2/c1-3-24(20-9-10-22-17-30-32(2)26(22)15-20)28(21-11-12-25-23(14-21)16-29-31-25)19-7-4-18(5-8-19)6-13-27(33)34/h4-17H,3H2,1-2H3,(H,29,31)(H,33,34). The van der Waals surface area contributed by atoms with Crippen molar-refractivity contribution >= 4 is 45.0 Å². The normalized spacial score (nSPS) is 12.5. The van der Waals surface area contributed by atoms with E-state index in [9.17, 15) is 4.79 Å². The van der Waals surface area contributed by atoms with E-state index >= 15 is 0 Å². The first-order valence-corrected chi connectivity index (χ1v) is 11.1. The van der Waals surface area contributed by atoms with E-state index < -0.39 is 5.97 Å². The summed E-state index contributed by atoms with van der Waals surface area (Å²) >= 11 is 0. The molecule has 3 aromatic carbocycles. The van der Waals surface area contributed by atoms with Gasteiger partial charge in [-0.25, -0.2) is 4.79 Å². The van der Waals surface area contributed by atoms with Crippen LogP contribution in [0.2, 0.25) is 0 Å². The number of carboxylic acid groups (broad SMARTS) is 1. The molecule has 0 bridgehead atoms. The zero-order valence-electron chi connectivity index (χ0n) is 19.0. The molecule has 0 aliphatic carbocycles. The first-order valence-electron chi connectivity index (χ1n) is 11.1. The number of rotatable bonds is 6. The molecule has 5 aromatic rings. The van der Waals surface area contributed by atoms with Crippen LogP contribution < -0.4 is 0 Å². The minimum Gasteiger partial charge on any atom is -0.478 e. The zero-order chi connectivity index (χ0) is 23.7. The van der Waals surface area contributed by atoms with Gasteiger partial charge in [-0.1, -0.05) is 49.4 Å². The van der Waals surface area contributed by atoms with Crippen molar-refractivity contribution in [1.82, 2.24) is 20.0 Å². The van der Waals surface area contributed by atoms with Gasteiger partial charge in [-0.15, -0.1) is 0 Å². The van der Waals surface area contributed by atoms with E-state index in [4.69, 9.17) is 5.11 Å². The van der Waals surface area contributed by atoms with Crippen molar-refractivity contribution < 1.29 is 9.90 Å². The van der Waals surface area contributed by atoms with Crippen molar-refractivity contribution in [3.63, 3.8) is 0 Å². The summed E-state index contributed by atoms with van der Waals surface area (Å²) < 4.78 is 1.90. The van der Waals surface area contributed by atoms with E-state index in [0.717, 1.165) is 62.1 Å². The summed E-state index contributed by atoms with van der Waals surface area (Å²) in [4.78, 5) is 10.9. The second kappa shape index (κ2) is 8.83. The summed E-state index contributed by atoms with van der Waals surface area (Å²) in [7, 11) is 1.96. The minimum atomic E-state index is -0.961. The average molecular weight is 449 g/mol. The van der Waals surface area contributed by atoms with Crippen LogP contribution in [0.3, 0.4) is 0 Å². The molecule has 0 saturated carbocycles. The lowest BCUT2D eigenvalue weighted by molar-refractivity contribution is -0.131. The van der Waals surface area contributed by atoms with Crippen molar-refractivity contribution in [2.75, 3.05) is 0 Å². The lowest BCUT2D eigenvalue weighted by Crippen LogP contribution is -1.96. The predicted molar refractivity (Wildman–Crippen MR) is 136 cm³/mol. The highest BCUT2D eigenvalue weighted by molar-refractivity contribution is 6.01. The monoisotopic (exact) mass is 448 g/mol. The fraction of sp³-hybridized carbons (Fsp3) is 0.107. The molecule has 0 atom stereocenters. The van der Waals surface area contributed by atoms with Crippen molar-refractivity contribution in [1.29, 1.82) is 0 Å². The number of benzene rings is 3. The van der Waals surface area contributed by atoms with Crippen LogP contribution in [-0.4, -0.2) is 31.1 Å². The van der Waals surface area contributed by atoms with Crippen LogP contribution in [0.5, 0.6) is 0 Å². The number of aryl methyl sites for hydroxylation is 1. The van der Waals surface area contributed by atoms with Gasteiger partial charge in [-0.05, 0) is 64.1 Å². The number of allylic oxidation sites excluding steroid dienone is 1. The lowest BCUT2D eigenvalue weighted by atomic mass is 9.87. The number of carbonyl (C=O) groups is 1. The molecule has 2 N–H and O–H groups in total. The number of fused-ring (bicyclic) bond motifs is 2. The summed E-state index contributed by atoms with van der Waals surface area (Å²) in [5.74, 6) is -0.961. The van der Waals surface area contributed by atoms with Crippen molar-refractivity contribution in [2.24, 2.45) is 7.05 Å². The Morgan fingerprint density at radius 1 is 0.971 bits per heavy atom. The molecule has 34 heavy (non-hydrogen) atoms. The molecule has 168 valence electrons. The van der Waals surface area contributed by atoms with Crippen LogP contribution in [0.15, 0.2) is 79.1 Å². The van der Waals surface area contributed by atoms with E-state index in [1.165, 1.54) is 5.57 Å². The Bertz CT molecular complexity index is 1570. The van der Waals surface area contributed by atoms with Gasteiger partial charge in [0.1, 0.15) is 0 Å². The number of aromatic amines is 1. The topological polar surface area (TPSA) is 83.8 Å². The van der Waals surface area contributed by atoms with E-state index in [1.807, 2.05) is 36.3 Å². The second-order valence-electron chi connectivity index (χ2n) is 8.21. The van der Waals surface area contributed by atoms with Crippen LogP contribution in [0, 0.1) is 0 Å². The Hall–Kier alpha value is -4.45. The second-order valence-corrected chi connectivity index (χ2v) is 8.21. The van der Waals surface area contributed by atoms with Crippen LogP contribution in [0.4, 0.5) is 0 Å². The van der Waals surface area contributed by atoms with Crippen molar-refractivity contribution in [3.05, 3.63) is 101 Å². The maximum absolute atomic E-state index is 10.9. The summed E-state index contributed by atoms with van der Waals surface area (Å²) in [6.07, 6.45) is 7.31. The number of hydrogen-bond acceptors (Lipinski definition) is 3. The highest BCUT2D eigenvalue weighted by Crippen LogP contribution is 2.36. The van der Waals surface area contributed by atoms with Gasteiger partial charge >= 0.3 is 5.97 Å². The van der Waals surface area contributed by atoms with Gasteiger partial charge in [0.2, 0.25) is 0 Å². The van der Waals surface area contributed by atoms with E-state index in [1.54, 1.807) is 6.08 Å². The molecule has 0 fully saturated rings. The lowest BCUT2D eigenvalue weighted by Gasteiger charge is -2.17. The fourth-order valence-electron chi connectivity index (χ4n) is 4.40. The number of carboxylic acids is 1. The smallest absolute Gasteiger partial charge is 0.328 e. The van der Waals surface area contributed by atoms with Crippen molar-refractivity contribution in [2.45, 2.75) is 13.3 Å². The first-order chi connectivity index (χ1) is 16.5. The number of aromatic nitrogens is 4. The molecule has 5 rings (SSSR count). The van der Waals surface area contributed by atoms with Crippen LogP contribution in [0.25, 0.3) is 39.0 Å². The quantitative estimate of drug-likeness (QED) is 0.250. The van der Waals surface area contributed by atoms with E-state index in [0.29, 0.717) is 0 Å². The van der Waals surface area contributed by atoms with E-state index in [2.05, 4.69) is 70.8 Å². The third-order valence-electron chi connectivity index (χ3n) is 6.10. The first kappa shape index (κ1) is 21.4. The molecule has 2 aromatic heterocycles. The molecule has 0 unspecified atom stereocenters. The predicted octanol–water partition coefficient (Wildman–Crippen LogP) is 5.92. The van der Waals surface area contributed by atoms with Gasteiger partial charge in [0.25, 0.3) is 0 Å². The third-order valence-corrected chi connectivity index (χ3v) is 6.10. The van der Waals surface area contributed by atoms with Crippen molar-refractivity contribution in [3.8, 4) is 0 Å². The van der Waals surface area contributed by atoms with Crippen LogP contribution in [0.1, 0.15) is 35.6 Å². The molecule has 0 saturated heterocycles.